The zero-order valence-corrected chi connectivity index (χ0v) is 13.9. The van der Waals surface area contributed by atoms with Crippen LogP contribution >= 0.6 is 0 Å². The summed E-state index contributed by atoms with van der Waals surface area (Å²) < 4.78 is 0. The minimum Gasteiger partial charge on any atom is -0.506 e. The van der Waals surface area contributed by atoms with Crippen molar-refractivity contribution in [2.45, 2.75) is 25.8 Å². The minimum atomic E-state index is -0.0850. The van der Waals surface area contributed by atoms with Crippen LogP contribution in [0.2, 0.25) is 0 Å². The van der Waals surface area contributed by atoms with E-state index in [4.69, 9.17) is 5.41 Å². The molecule has 0 unspecified atom stereocenters. The molecule has 0 bridgehead atoms. The van der Waals surface area contributed by atoms with Gasteiger partial charge in [0.1, 0.15) is 5.75 Å². The van der Waals surface area contributed by atoms with Gasteiger partial charge in [-0.1, -0.05) is 6.07 Å². The van der Waals surface area contributed by atoms with Crippen molar-refractivity contribution in [1.82, 2.24) is 10.3 Å². The molecule has 1 aromatic carbocycles. The molecule has 6 heteroatoms. The summed E-state index contributed by atoms with van der Waals surface area (Å²) in [6.45, 7) is 1.94. The summed E-state index contributed by atoms with van der Waals surface area (Å²) in [4.78, 5) is 16.1. The highest BCUT2D eigenvalue weighted by molar-refractivity contribution is 6.10. The van der Waals surface area contributed by atoms with E-state index in [0.717, 1.165) is 24.0 Å². The van der Waals surface area contributed by atoms with Crippen LogP contribution in [-0.2, 0) is 0 Å². The van der Waals surface area contributed by atoms with Crippen molar-refractivity contribution >= 4 is 23.4 Å². The molecule has 1 aliphatic carbocycles. The van der Waals surface area contributed by atoms with Gasteiger partial charge in [0.2, 0.25) is 0 Å². The number of amides is 1. The fraction of sp³-hybridized carbons (Fsp3) is 0.211. The number of aromatic nitrogens is 1. The number of carbonyl (C=O) groups excluding carboxylic acids is 1. The Balaban J connectivity index is 1.84. The van der Waals surface area contributed by atoms with Crippen LogP contribution < -0.4 is 10.6 Å². The highest BCUT2D eigenvalue weighted by atomic mass is 16.3. The fourth-order valence-corrected chi connectivity index (χ4v) is 2.44. The second-order valence-electron chi connectivity index (χ2n) is 6.10. The average Bonchev–Trinajstić information content (AvgIpc) is 3.41. The molecular weight excluding hydrogens is 316 g/mol. The van der Waals surface area contributed by atoms with Gasteiger partial charge < -0.3 is 21.1 Å². The summed E-state index contributed by atoms with van der Waals surface area (Å²) in [5, 5.41) is 23.2. The van der Waals surface area contributed by atoms with Gasteiger partial charge in [0.25, 0.3) is 5.91 Å². The van der Waals surface area contributed by atoms with E-state index in [1.165, 1.54) is 18.5 Å². The highest BCUT2D eigenvalue weighted by Gasteiger charge is 2.24. The molecule has 1 heterocycles. The summed E-state index contributed by atoms with van der Waals surface area (Å²) in [5.41, 5.74) is 3.59. The first-order chi connectivity index (χ1) is 12.1. The summed E-state index contributed by atoms with van der Waals surface area (Å²) in [5.74, 6) is -0.0250. The molecule has 25 heavy (non-hydrogen) atoms. The van der Waals surface area contributed by atoms with Crippen molar-refractivity contribution in [1.29, 1.82) is 5.41 Å². The largest absolute Gasteiger partial charge is 0.506 e. The Bertz CT molecular complexity index is 841. The van der Waals surface area contributed by atoms with Crippen LogP contribution in [-0.4, -0.2) is 28.3 Å². The van der Waals surface area contributed by atoms with Crippen LogP contribution in [0.5, 0.6) is 5.75 Å². The molecule has 0 saturated heterocycles. The highest BCUT2D eigenvalue weighted by Crippen LogP contribution is 2.23. The number of pyridine rings is 1. The molecule has 0 aliphatic heterocycles. The molecule has 4 N–H and O–H groups in total. The SMILES string of the molecule is Cc1ccc(C(=O)NC2CC2)cc1/C(C=N)=C/Nc1cncc(O)c1. The van der Waals surface area contributed by atoms with Crippen LogP contribution in [0, 0.1) is 12.3 Å². The molecule has 1 saturated carbocycles. The Labute approximate surface area is 146 Å². The first kappa shape index (κ1) is 16.7. The quantitative estimate of drug-likeness (QED) is 0.609. The van der Waals surface area contributed by atoms with E-state index in [-0.39, 0.29) is 11.7 Å². The van der Waals surface area contributed by atoms with Gasteiger partial charge in [0.05, 0.1) is 18.1 Å². The number of anilines is 1. The molecule has 1 fully saturated rings. The second kappa shape index (κ2) is 7.17. The van der Waals surface area contributed by atoms with Crippen LogP contribution in [0.1, 0.15) is 34.3 Å². The Morgan fingerprint density at radius 3 is 2.80 bits per heavy atom. The third-order valence-electron chi connectivity index (χ3n) is 4.00. The van der Waals surface area contributed by atoms with Crippen LogP contribution in [0.25, 0.3) is 5.57 Å². The minimum absolute atomic E-state index is 0.0599. The maximum Gasteiger partial charge on any atom is 0.251 e. The number of allylic oxidation sites excluding steroid dienone is 1. The topological polar surface area (TPSA) is 98.1 Å². The number of nitrogens with zero attached hydrogens (tertiary/aromatic N) is 1. The Morgan fingerprint density at radius 2 is 2.12 bits per heavy atom. The van der Waals surface area contributed by atoms with Gasteiger partial charge >= 0.3 is 0 Å². The predicted octanol–water partition coefficient (Wildman–Crippen LogP) is 3.09. The zero-order chi connectivity index (χ0) is 17.8. The number of hydrogen-bond donors (Lipinski definition) is 4. The maximum atomic E-state index is 12.2. The number of nitrogens with one attached hydrogen (secondary N) is 3. The lowest BCUT2D eigenvalue weighted by molar-refractivity contribution is 0.0951. The number of aryl methyl sites for hydroxylation is 1. The lowest BCUT2D eigenvalue weighted by Gasteiger charge is -2.11. The Hall–Kier alpha value is -3.15. The van der Waals surface area contributed by atoms with Gasteiger partial charge in [-0.15, -0.1) is 0 Å². The van der Waals surface area contributed by atoms with E-state index >= 15 is 0 Å². The molecular formula is C19H20N4O2. The van der Waals surface area contributed by atoms with Gasteiger partial charge in [0.15, 0.2) is 0 Å². The monoisotopic (exact) mass is 336 g/mol. The number of carbonyl (C=O) groups is 1. The molecule has 3 rings (SSSR count). The second-order valence-corrected chi connectivity index (χ2v) is 6.10. The number of hydrogen-bond acceptors (Lipinski definition) is 5. The molecule has 1 amide bonds. The molecule has 128 valence electrons. The third kappa shape index (κ3) is 4.23. The summed E-state index contributed by atoms with van der Waals surface area (Å²) in [6, 6.07) is 7.31. The van der Waals surface area contributed by atoms with Gasteiger partial charge in [0, 0.05) is 35.7 Å². The summed E-state index contributed by atoms with van der Waals surface area (Å²) in [7, 11) is 0. The van der Waals surface area contributed by atoms with Crippen molar-refractivity contribution in [3.8, 4) is 5.75 Å². The van der Waals surface area contributed by atoms with E-state index in [9.17, 15) is 9.90 Å². The number of aromatic hydroxyl groups is 1. The van der Waals surface area contributed by atoms with Crippen LogP contribution in [0.4, 0.5) is 5.69 Å². The smallest absolute Gasteiger partial charge is 0.251 e. The van der Waals surface area contributed by atoms with Crippen LogP contribution in [0.3, 0.4) is 0 Å². The molecule has 1 aromatic heterocycles. The van der Waals surface area contributed by atoms with E-state index in [1.807, 2.05) is 13.0 Å². The molecule has 6 nitrogen and oxygen atoms in total. The van der Waals surface area contributed by atoms with Gasteiger partial charge in [-0.3, -0.25) is 9.78 Å². The third-order valence-corrected chi connectivity index (χ3v) is 4.00. The average molecular weight is 336 g/mol. The van der Waals surface area contributed by atoms with Gasteiger partial charge in [-0.25, -0.2) is 0 Å². The van der Waals surface area contributed by atoms with Gasteiger partial charge in [-0.2, -0.15) is 0 Å². The first-order valence-electron chi connectivity index (χ1n) is 8.10. The Kier molecular flexibility index (Phi) is 4.79. The van der Waals surface area contributed by atoms with E-state index in [0.29, 0.717) is 22.9 Å². The first-order valence-corrected chi connectivity index (χ1v) is 8.10. The normalized spacial score (nSPS) is 14.0. The zero-order valence-electron chi connectivity index (χ0n) is 13.9. The van der Waals surface area contributed by atoms with E-state index in [1.54, 1.807) is 24.5 Å². The van der Waals surface area contributed by atoms with Crippen molar-refractivity contribution in [3.05, 3.63) is 59.5 Å². The Morgan fingerprint density at radius 1 is 1.32 bits per heavy atom. The molecule has 0 radical (unpaired) electrons. The molecule has 0 spiro atoms. The van der Waals surface area contributed by atoms with Crippen molar-refractivity contribution < 1.29 is 9.90 Å². The van der Waals surface area contributed by atoms with E-state index < -0.39 is 0 Å². The standard InChI is InChI=1S/C19H20N4O2/c1-12-2-3-13(19(25)23-15-4-5-15)6-18(12)14(8-20)9-22-16-7-17(24)11-21-10-16/h2-3,6-11,15,20,22,24H,4-5H2,1H3,(H,23,25)/b14-9+,20-8?. The van der Waals surface area contributed by atoms with Gasteiger partial charge in [-0.05, 0) is 43.0 Å². The number of rotatable bonds is 6. The summed E-state index contributed by atoms with van der Waals surface area (Å²) in [6.07, 6.45) is 7.89. The maximum absolute atomic E-state index is 12.2. The summed E-state index contributed by atoms with van der Waals surface area (Å²) >= 11 is 0. The molecule has 0 atom stereocenters. The molecule has 1 aliphatic rings. The van der Waals surface area contributed by atoms with Crippen LogP contribution in [0.15, 0.2) is 42.9 Å². The molecule has 2 aromatic rings. The lowest BCUT2D eigenvalue weighted by atomic mass is 9.98. The van der Waals surface area contributed by atoms with Crippen molar-refractivity contribution in [3.63, 3.8) is 0 Å². The lowest BCUT2D eigenvalue weighted by Crippen LogP contribution is -2.25. The number of benzene rings is 1. The predicted molar refractivity (Wildman–Crippen MR) is 98.0 cm³/mol. The van der Waals surface area contributed by atoms with Crippen molar-refractivity contribution in [2.75, 3.05) is 5.32 Å². The van der Waals surface area contributed by atoms with Crippen molar-refractivity contribution in [2.24, 2.45) is 0 Å². The van der Waals surface area contributed by atoms with E-state index in [2.05, 4.69) is 15.6 Å². The fourth-order valence-electron chi connectivity index (χ4n) is 2.44.